The standard InChI is InChI=1S/C18H38O.Na.H2O4S.H/c1-3-5-7-9-11-13-15-17-19-18-16-14-12-10-8-6-4-2;;1-5(2,3)4;/h3-18H2,1-2H3;;(H2,1,2,3,4);/q;+1;;-1. The van der Waals surface area contributed by atoms with Gasteiger partial charge in [-0.3, -0.25) is 9.11 Å². The summed E-state index contributed by atoms with van der Waals surface area (Å²) < 4.78 is 37.3. The van der Waals surface area contributed by atoms with E-state index in [1.165, 1.54) is 89.9 Å². The van der Waals surface area contributed by atoms with Gasteiger partial charge in [-0.05, 0) is 12.8 Å². The smallest absolute Gasteiger partial charge is 1.00 e. The Labute approximate surface area is 180 Å². The quantitative estimate of drug-likeness (QED) is 0.240. The van der Waals surface area contributed by atoms with Crippen LogP contribution in [0.2, 0.25) is 0 Å². The van der Waals surface area contributed by atoms with Gasteiger partial charge in [-0.15, -0.1) is 0 Å². The fourth-order valence-corrected chi connectivity index (χ4v) is 2.42. The molecule has 0 spiro atoms. The fourth-order valence-electron chi connectivity index (χ4n) is 2.42. The molecule has 7 heteroatoms. The maximum atomic E-state index is 8.74. The van der Waals surface area contributed by atoms with Crippen LogP contribution in [0.4, 0.5) is 0 Å². The van der Waals surface area contributed by atoms with Crippen LogP contribution in [-0.4, -0.2) is 30.7 Å². The van der Waals surface area contributed by atoms with Gasteiger partial charge >= 0.3 is 40.0 Å². The van der Waals surface area contributed by atoms with Crippen molar-refractivity contribution >= 4 is 10.4 Å². The van der Waals surface area contributed by atoms with Crippen LogP contribution >= 0.6 is 0 Å². The molecule has 0 radical (unpaired) electrons. The van der Waals surface area contributed by atoms with Gasteiger partial charge in [0, 0.05) is 13.2 Å². The Morgan fingerprint density at radius 2 is 0.880 bits per heavy atom. The van der Waals surface area contributed by atoms with Crippen molar-refractivity contribution in [2.75, 3.05) is 13.2 Å². The predicted molar refractivity (Wildman–Crippen MR) is 102 cm³/mol. The first-order chi connectivity index (χ1) is 11.4. The van der Waals surface area contributed by atoms with E-state index in [1.54, 1.807) is 0 Å². The van der Waals surface area contributed by atoms with Crippen molar-refractivity contribution in [1.82, 2.24) is 0 Å². The minimum Gasteiger partial charge on any atom is -1.00 e. The summed E-state index contributed by atoms with van der Waals surface area (Å²) in [7, 11) is -4.67. The van der Waals surface area contributed by atoms with Gasteiger partial charge in [0.1, 0.15) is 0 Å². The third-order valence-electron chi connectivity index (χ3n) is 3.78. The van der Waals surface area contributed by atoms with Gasteiger partial charge in [0.05, 0.1) is 0 Å². The second-order valence-electron chi connectivity index (χ2n) is 6.30. The van der Waals surface area contributed by atoms with Gasteiger partial charge < -0.3 is 6.16 Å². The molecule has 0 aliphatic carbocycles. The summed E-state index contributed by atoms with van der Waals surface area (Å²) in [4.78, 5) is 0. The Balaban J connectivity index is -0.000000304. The topological polar surface area (TPSA) is 83.8 Å². The third-order valence-corrected chi connectivity index (χ3v) is 3.78. The van der Waals surface area contributed by atoms with Gasteiger partial charge in [-0.2, -0.15) is 8.42 Å². The molecule has 150 valence electrons. The van der Waals surface area contributed by atoms with E-state index in [1.807, 2.05) is 0 Å². The Bertz CT molecular complexity index is 306. The molecule has 0 aliphatic rings. The summed E-state index contributed by atoms with van der Waals surface area (Å²) in [5.41, 5.74) is 0. The first-order valence-electron chi connectivity index (χ1n) is 9.69. The van der Waals surface area contributed by atoms with Crippen LogP contribution in [0.15, 0.2) is 0 Å². The first-order valence-corrected chi connectivity index (χ1v) is 11.1. The second-order valence-corrected chi connectivity index (χ2v) is 7.20. The van der Waals surface area contributed by atoms with E-state index in [0.717, 1.165) is 13.2 Å². The molecule has 0 rings (SSSR count). The number of hydrogen-bond acceptors (Lipinski definition) is 3. The van der Waals surface area contributed by atoms with E-state index in [2.05, 4.69) is 13.8 Å². The number of hydrogen-bond donors (Lipinski definition) is 2. The van der Waals surface area contributed by atoms with Gasteiger partial charge in [-0.1, -0.05) is 90.9 Å². The van der Waals surface area contributed by atoms with E-state index in [-0.39, 0.29) is 31.0 Å². The Morgan fingerprint density at radius 1 is 0.640 bits per heavy atom. The van der Waals surface area contributed by atoms with Crippen LogP contribution in [0.3, 0.4) is 0 Å². The zero-order valence-corrected chi connectivity index (χ0v) is 19.7. The molecular formula is C18H41NaO5S. The molecule has 0 aliphatic heterocycles. The number of ether oxygens (including phenoxy) is 1. The maximum Gasteiger partial charge on any atom is 1.00 e. The first kappa shape index (κ1) is 30.6. The van der Waals surface area contributed by atoms with E-state index in [4.69, 9.17) is 22.3 Å². The second kappa shape index (κ2) is 24.8. The van der Waals surface area contributed by atoms with Gasteiger partial charge in [0.15, 0.2) is 0 Å². The number of rotatable bonds is 16. The van der Waals surface area contributed by atoms with Crippen molar-refractivity contribution in [3.63, 3.8) is 0 Å². The summed E-state index contributed by atoms with van der Waals surface area (Å²) in [6.45, 7) is 6.53. The molecule has 0 fully saturated rings. The van der Waals surface area contributed by atoms with Crippen molar-refractivity contribution in [2.24, 2.45) is 0 Å². The summed E-state index contributed by atoms with van der Waals surface area (Å²) in [6.07, 6.45) is 19.3. The molecule has 0 bridgehead atoms. The van der Waals surface area contributed by atoms with Crippen molar-refractivity contribution in [3.8, 4) is 0 Å². The van der Waals surface area contributed by atoms with Crippen LogP contribution in [-0.2, 0) is 15.1 Å². The SMILES string of the molecule is CCCCCCCCCOCCCCCCCCC.O=S(=O)(O)O.[H-].[Na+]. The average molecular weight is 393 g/mol. The van der Waals surface area contributed by atoms with Crippen LogP contribution < -0.4 is 29.6 Å². The molecule has 5 nitrogen and oxygen atoms in total. The molecule has 0 amide bonds. The Morgan fingerprint density at radius 3 is 1.16 bits per heavy atom. The molecule has 0 aromatic carbocycles. The van der Waals surface area contributed by atoms with E-state index >= 15 is 0 Å². The average Bonchev–Trinajstić information content (AvgIpc) is 2.49. The Hall–Kier alpha value is 0.830. The van der Waals surface area contributed by atoms with Crippen molar-refractivity contribution in [3.05, 3.63) is 0 Å². The molecule has 25 heavy (non-hydrogen) atoms. The van der Waals surface area contributed by atoms with E-state index in [9.17, 15) is 0 Å². The normalized spacial score (nSPS) is 10.7. The largest absolute Gasteiger partial charge is 1.00 e. The Kier molecular flexibility index (Phi) is 30.3. The zero-order chi connectivity index (χ0) is 18.5. The molecular weight excluding hydrogens is 351 g/mol. The van der Waals surface area contributed by atoms with Crippen LogP contribution in [0.5, 0.6) is 0 Å². The van der Waals surface area contributed by atoms with Crippen LogP contribution in [0.25, 0.3) is 0 Å². The monoisotopic (exact) mass is 392 g/mol. The molecule has 2 N–H and O–H groups in total. The minimum absolute atomic E-state index is 0. The number of unbranched alkanes of at least 4 members (excludes halogenated alkanes) is 12. The minimum atomic E-state index is -4.67. The summed E-state index contributed by atoms with van der Waals surface area (Å²) in [5.74, 6) is 0. The van der Waals surface area contributed by atoms with Crippen molar-refractivity contribution in [1.29, 1.82) is 0 Å². The van der Waals surface area contributed by atoms with Gasteiger partial charge in [-0.25, -0.2) is 0 Å². The van der Waals surface area contributed by atoms with Crippen LogP contribution in [0, 0.1) is 0 Å². The molecule has 0 saturated heterocycles. The third kappa shape index (κ3) is 45.7. The van der Waals surface area contributed by atoms with Crippen molar-refractivity contribution < 1.29 is 53.2 Å². The maximum absolute atomic E-state index is 8.74. The van der Waals surface area contributed by atoms with Crippen molar-refractivity contribution in [2.45, 2.75) is 104 Å². The van der Waals surface area contributed by atoms with Gasteiger partial charge in [0.25, 0.3) is 0 Å². The fraction of sp³-hybridized carbons (Fsp3) is 1.00. The molecule has 0 unspecified atom stereocenters. The molecule has 0 atom stereocenters. The summed E-state index contributed by atoms with van der Waals surface area (Å²) in [6, 6.07) is 0. The van der Waals surface area contributed by atoms with Crippen LogP contribution in [0.1, 0.15) is 105 Å². The molecule has 0 aromatic rings. The summed E-state index contributed by atoms with van der Waals surface area (Å²) >= 11 is 0. The summed E-state index contributed by atoms with van der Waals surface area (Å²) in [5, 5.41) is 0. The molecule has 0 heterocycles. The molecule has 0 saturated carbocycles. The zero-order valence-electron chi connectivity index (χ0n) is 17.8. The van der Waals surface area contributed by atoms with E-state index in [0.29, 0.717) is 0 Å². The van der Waals surface area contributed by atoms with Gasteiger partial charge in [0.2, 0.25) is 0 Å². The van der Waals surface area contributed by atoms with E-state index < -0.39 is 10.4 Å². The molecule has 0 aromatic heterocycles. The predicted octanol–water partition coefficient (Wildman–Crippen LogP) is 2.97.